The largest absolute Gasteiger partial charge is 0.465 e. The number of aromatic nitrogens is 1. The molecule has 0 radical (unpaired) electrons. The number of carbonyl (C=O) groups is 1. The molecule has 0 unspecified atom stereocenters. The maximum Gasteiger partial charge on any atom is 0.407 e. The molecule has 4 heterocycles. The standard InChI is InChI=1S/C23H35N5O2/c1-17-5-6-20(15-24-17)25-12-8-19(9-13-25)27-16-18-7-11-26(22(29)30)14-10-21(18)28(27)23(2,3)4/h5-6,15,19H,7-14,16H2,1-4H3,(H,29,30). The average Bonchev–Trinajstić information content (AvgIpc) is 2.95. The van der Waals surface area contributed by atoms with E-state index in [0.29, 0.717) is 19.1 Å². The number of nitrogens with zero attached hydrogens (tertiary/aromatic N) is 5. The predicted molar refractivity (Wildman–Crippen MR) is 118 cm³/mol. The molecule has 1 amide bonds. The van der Waals surface area contributed by atoms with Crippen molar-refractivity contribution in [3.63, 3.8) is 0 Å². The summed E-state index contributed by atoms with van der Waals surface area (Å²) in [6.07, 6.45) is 5.10. The third-order valence-electron chi connectivity index (χ3n) is 6.63. The van der Waals surface area contributed by atoms with E-state index >= 15 is 0 Å². The molecule has 0 aromatic carbocycles. The van der Waals surface area contributed by atoms with Gasteiger partial charge in [-0.1, -0.05) is 0 Å². The lowest BCUT2D eigenvalue weighted by Crippen LogP contribution is -2.56. The molecule has 3 aliphatic heterocycles. The molecule has 0 bridgehead atoms. The van der Waals surface area contributed by atoms with Crippen LogP contribution in [0.25, 0.3) is 0 Å². The lowest BCUT2D eigenvalue weighted by atomic mass is 10.0. The van der Waals surface area contributed by atoms with Crippen LogP contribution >= 0.6 is 0 Å². The van der Waals surface area contributed by atoms with Crippen molar-refractivity contribution in [1.82, 2.24) is 19.9 Å². The van der Waals surface area contributed by atoms with Crippen molar-refractivity contribution >= 4 is 11.8 Å². The highest BCUT2D eigenvalue weighted by Gasteiger charge is 2.41. The summed E-state index contributed by atoms with van der Waals surface area (Å²) in [6, 6.07) is 4.78. The summed E-state index contributed by atoms with van der Waals surface area (Å²) < 4.78 is 0. The van der Waals surface area contributed by atoms with Crippen LogP contribution in [0.3, 0.4) is 0 Å². The number of hydrogen-bond acceptors (Lipinski definition) is 5. The fraction of sp³-hybridized carbons (Fsp3) is 0.652. The molecule has 1 fully saturated rings. The van der Waals surface area contributed by atoms with Crippen molar-refractivity contribution in [1.29, 1.82) is 0 Å². The normalized spacial score (nSPS) is 21.8. The lowest BCUT2D eigenvalue weighted by Gasteiger charge is -2.48. The van der Waals surface area contributed by atoms with E-state index in [9.17, 15) is 9.90 Å². The van der Waals surface area contributed by atoms with Crippen LogP contribution in [0.15, 0.2) is 29.6 Å². The Morgan fingerprint density at radius 1 is 1.10 bits per heavy atom. The first kappa shape index (κ1) is 21.0. The highest BCUT2D eigenvalue weighted by Crippen LogP contribution is 2.39. The van der Waals surface area contributed by atoms with Crippen molar-refractivity contribution < 1.29 is 9.90 Å². The second kappa shape index (κ2) is 8.10. The second-order valence-corrected chi connectivity index (χ2v) is 9.78. The van der Waals surface area contributed by atoms with Gasteiger partial charge in [-0.15, -0.1) is 0 Å². The van der Waals surface area contributed by atoms with Gasteiger partial charge in [0, 0.05) is 62.1 Å². The first-order valence-electron chi connectivity index (χ1n) is 11.2. The van der Waals surface area contributed by atoms with Crippen LogP contribution in [-0.2, 0) is 0 Å². The van der Waals surface area contributed by atoms with Crippen molar-refractivity contribution in [2.45, 2.75) is 65.0 Å². The minimum Gasteiger partial charge on any atom is -0.465 e. The lowest BCUT2D eigenvalue weighted by molar-refractivity contribution is -0.0749. The molecule has 1 aromatic rings. The third kappa shape index (κ3) is 4.13. The van der Waals surface area contributed by atoms with Crippen LogP contribution in [0.1, 0.15) is 52.1 Å². The maximum absolute atomic E-state index is 11.5. The topological polar surface area (TPSA) is 63.1 Å². The van der Waals surface area contributed by atoms with Gasteiger partial charge in [0.1, 0.15) is 0 Å². The van der Waals surface area contributed by atoms with Crippen molar-refractivity contribution in [3.05, 3.63) is 35.3 Å². The minimum atomic E-state index is -0.798. The number of anilines is 1. The first-order chi connectivity index (χ1) is 14.2. The van der Waals surface area contributed by atoms with Gasteiger partial charge in [0.2, 0.25) is 0 Å². The summed E-state index contributed by atoms with van der Waals surface area (Å²) in [5.41, 5.74) is 5.04. The molecule has 0 spiro atoms. The molecule has 3 aliphatic rings. The van der Waals surface area contributed by atoms with Crippen LogP contribution in [0.2, 0.25) is 0 Å². The summed E-state index contributed by atoms with van der Waals surface area (Å²) >= 11 is 0. The first-order valence-corrected chi connectivity index (χ1v) is 11.2. The highest BCUT2D eigenvalue weighted by molar-refractivity contribution is 5.65. The van der Waals surface area contributed by atoms with Gasteiger partial charge in [0.05, 0.1) is 11.9 Å². The van der Waals surface area contributed by atoms with Gasteiger partial charge in [-0.25, -0.2) is 9.80 Å². The maximum atomic E-state index is 11.5. The zero-order valence-corrected chi connectivity index (χ0v) is 18.8. The van der Waals surface area contributed by atoms with Crippen LogP contribution in [0.4, 0.5) is 10.5 Å². The predicted octanol–water partition coefficient (Wildman–Crippen LogP) is 3.72. The number of piperidine rings is 1. The van der Waals surface area contributed by atoms with E-state index in [1.54, 1.807) is 4.90 Å². The molecule has 0 aliphatic carbocycles. The Kier molecular flexibility index (Phi) is 5.66. The summed E-state index contributed by atoms with van der Waals surface area (Å²) in [5, 5.41) is 14.5. The number of hydrogen-bond donors (Lipinski definition) is 1. The molecule has 1 saturated heterocycles. The SMILES string of the molecule is Cc1ccc(N2CCC(N3CC4=C(CCN(C(=O)O)CC4)N3C(C)(C)C)CC2)cn1. The van der Waals surface area contributed by atoms with E-state index in [4.69, 9.17) is 0 Å². The Labute approximate surface area is 179 Å². The van der Waals surface area contributed by atoms with Gasteiger partial charge in [-0.2, -0.15) is 0 Å². The summed E-state index contributed by atoms with van der Waals surface area (Å²) in [7, 11) is 0. The molecule has 7 heteroatoms. The van der Waals surface area contributed by atoms with Gasteiger partial charge in [0.15, 0.2) is 0 Å². The van der Waals surface area contributed by atoms with E-state index in [0.717, 1.165) is 51.0 Å². The fourth-order valence-corrected chi connectivity index (χ4v) is 5.13. The molecule has 7 nitrogen and oxygen atoms in total. The Morgan fingerprint density at radius 2 is 1.80 bits per heavy atom. The average molecular weight is 414 g/mol. The molecule has 1 N–H and O–H groups in total. The molecule has 1 aromatic heterocycles. The number of amides is 1. The van der Waals surface area contributed by atoms with E-state index in [1.807, 2.05) is 13.1 Å². The van der Waals surface area contributed by atoms with E-state index in [2.05, 4.69) is 52.8 Å². The number of carboxylic acid groups (broad SMARTS) is 1. The van der Waals surface area contributed by atoms with E-state index in [-0.39, 0.29) is 5.54 Å². The van der Waals surface area contributed by atoms with E-state index < -0.39 is 6.09 Å². The van der Waals surface area contributed by atoms with Crippen LogP contribution in [-0.4, -0.2) is 75.4 Å². The monoisotopic (exact) mass is 413 g/mol. The van der Waals surface area contributed by atoms with Gasteiger partial charge in [-0.3, -0.25) is 4.98 Å². The third-order valence-corrected chi connectivity index (χ3v) is 6.63. The summed E-state index contributed by atoms with van der Waals surface area (Å²) in [4.78, 5) is 19.9. The molecule has 0 saturated carbocycles. The molecule has 30 heavy (non-hydrogen) atoms. The fourth-order valence-electron chi connectivity index (χ4n) is 5.13. The quantitative estimate of drug-likeness (QED) is 0.797. The van der Waals surface area contributed by atoms with Gasteiger partial charge in [-0.05, 0) is 64.7 Å². The van der Waals surface area contributed by atoms with Crippen LogP contribution in [0, 0.1) is 6.92 Å². The molecule has 4 rings (SSSR count). The number of rotatable bonds is 2. The summed E-state index contributed by atoms with van der Waals surface area (Å²) in [6.45, 7) is 13.1. The summed E-state index contributed by atoms with van der Waals surface area (Å²) in [5.74, 6) is 0. The van der Waals surface area contributed by atoms with Gasteiger partial charge < -0.3 is 19.9 Å². The number of pyridine rings is 1. The number of aryl methyl sites for hydroxylation is 1. The van der Waals surface area contributed by atoms with Gasteiger partial charge >= 0.3 is 6.09 Å². The Bertz CT molecular complexity index is 806. The van der Waals surface area contributed by atoms with Crippen LogP contribution < -0.4 is 4.90 Å². The molecule has 164 valence electrons. The molecule has 0 atom stereocenters. The van der Waals surface area contributed by atoms with Crippen LogP contribution in [0.5, 0.6) is 0 Å². The van der Waals surface area contributed by atoms with E-state index in [1.165, 1.54) is 17.0 Å². The second-order valence-electron chi connectivity index (χ2n) is 9.78. The molecular weight excluding hydrogens is 378 g/mol. The highest BCUT2D eigenvalue weighted by atomic mass is 16.4. The van der Waals surface area contributed by atoms with Crippen molar-refractivity contribution in [3.8, 4) is 0 Å². The van der Waals surface area contributed by atoms with Crippen molar-refractivity contribution in [2.75, 3.05) is 37.6 Å². The van der Waals surface area contributed by atoms with Crippen molar-refractivity contribution in [2.24, 2.45) is 0 Å². The smallest absolute Gasteiger partial charge is 0.407 e. The zero-order valence-electron chi connectivity index (χ0n) is 18.8. The Hall–Kier alpha value is -2.28. The van der Waals surface area contributed by atoms with Gasteiger partial charge in [0.25, 0.3) is 0 Å². The minimum absolute atomic E-state index is 0.0203. The number of hydrazine groups is 1. The zero-order chi connectivity index (χ0) is 21.5. The molecular formula is C23H35N5O2. The Morgan fingerprint density at radius 3 is 2.40 bits per heavy atom. The Balaban J connectivity index is 1.46.